The zero-order chi connectivity index (χ0) is 9.26. The maximum atomic E-state index is 12.8. The second kappa shape index (κ2) is 2.97. The second-order valence-electron chi connectivity index (χ2n) is 2.75. The van der Waals surface area contributed by atoms with Crippen LogP contribution in [0.15, 0.2) is 23.2 Å². The number of halogens is 1. The molecule has 0 fully saturated rings. The molecule has 0 radical (unpaired) electrons. The Labute approximate surface area is 74.3 Å². The summed E-state index contributed by atoms with van der Waals surface area (Å²) in [7, 11) is 0. The van der Waals surface area contributed by atoms with Crippen molar-refractivity contribution in [3.63, 3.8) is 0 Å². The lowest BCUT2D eigenvalue weighted by atomic mass is 10.2. The van der Waals surface area contributed by atoms with Gasteiger partial charge < -0.3 is 5.32 Å². The lowest BCUT2D eigenvalue weighted by Gasteiger charge is -2.03. The van der Waals surface area contributed by atoms with Gasteiger partial charge in [-0.1, -0.05) is 0 Å². The molecule has 13 heavy (non-hydrogen) atoms. The van der Waals surface area contributed by atoms with Gasteiger partial charge in [0.25, 0.3) is 0 Å². The van der Waals surface area contributed by atoms with E-state index in [0.29, 0.717) is 5.69 Å². The smallest absolute Gasteiger partial charge is 0.246 e. The Hall–Kier alpha value is -1.71. The van der Waals surface area contributed by atoms with E-state index in [4.69, 9.17) is 0 Å². The van der Waals surface area contributed by atoms with E-state index in [9.17, 15) is 9.18 Å². The summed E-state index contributed by atoms with van der Waals surface area (Å²) in [6.07, 6.45) is 1.56. The summed E-state index contributed by atoms with van der Waals surface area (Å²) in [5.74, 6) is -0.588. The molecule has 1 amide bonds. The SMILES string of the molecule is O=C1CN=Cc2ccc(F)cc2N1. The topological polar surface area (TPSA) is 41.5 Å². The minimum Gasteiger partial charge on any atom is -0.324 e. The highest BCUT2D eigenvalue weighted by atomic mass is 19.1. The normalized spacial score (nSPS) is 14.7. The molecule has 1 aliphatic rings. The fourth-order valence-electron chi connectivity index (χ4n) is 1.17. The van der Waals surface area contributed by atoms with Crippen molar-refractivity contribution in [2.75, 3.05) is 11.9 Å². The van der Waals surface area contributed by atoms with E-state index in [1.807, 2.05) is 0 Å². The fourth-order valence-corrected chi connectivity index (χ4v) is 1.17. The van der Waals surface area contributed by atoms with Crippen molar-refractivity contribution in [2.24, 2.45) is 4.99 Å². The number of rotatable bonds is 0. The minimum atomic E-state index is -0.366. The Morgan fingerprint density at radius 1 is 1.46 bits per heavy atom. The maximum absolute atomic E-state index is 12.8. The lowest BCUT2D eigenvalue weighted by Crippen LogP contribution is -2.13. The molecule has 1 aliphatic heterocycles. The monoisotopic (exact) mass is 178 g/mol. The Balaban J connectivity index is 2.49. The second-order valence-corrected chi connectivity index (χ2v) is 2.75. The standard InChI is InChI=1S/C9H7FN2O/c10-7-2-1-6-4-11-5-9(13)12-8(6)3-7/h1-4H,5H2,(H,12,13). The molecule has 0 aromatic heterocycles. The van der Waals surface area contributed by atoms with Crippen LogP contribution in [0.2, 0.25) is 0 Å². The number of carbonyl (C=O) groups is 1. The zero-order valence-electron chi connectivity index (χ0n) is 6.75. The number of anilines is 1. The van der Waals surface area contributed by atoms with Gasteiger partial charge in [-0.25, -0.2) is 4.39 Å². The van der Waals surface area contributed by atoms with Crippen molar-refractivity contribution in [2.45, 2.75) is 0 Å². The zero-order valence-corrected chi connectivity index (χ0v) is 6.75. The van der Waals surface area contributed by atoms with Gasteiger partial charge in [0.2, 0.25) is 5.91 Å². The van der Waals surface area contributed by atoms with E-state index in [-0.39, 0.29) is 18.3 Å². The van der Waals surface area contributed by atoms with Crippen molar-refractivity contribution in [1.82, 2.24) is 0 Å². The van der Waals surface area contributed by atoms with E-state index in [1.54, 1.807) is 12.3 Å². The summed E-state index contributed by atoms with van der Waals surface area (Å²) in [5, 5.41) is 2.56. The predicted molar refractivity (Wildman–Crippen MR) is 47.5 cm³/mol. The van der Waals surface area contributed by atoms with Crippen LogP contribution in [-0.2, 0) is 4.79 Å². The van der Waals surface area contributed by atoms with Crippen LogP contribution in [0.4, 0.5) is 10.1 Å². The first kappa shape index (κ1) is 7.91. The van der Waals surface area contributed by atoms with Gasteiger partial charge in [0.1, 0.15) is 12.4 Å². The molecule has 0 saturated heterocycles. The molecule has 2 rings (SSSR count). The van der Waals surface area contributed by atoms with Crippen molar-refractivity contribution in [3.05, 3.63) is 29.6 Å². The van der Waals surface area contributed by atoms with Crippen LogP contribution in [-0.4, -0.2) is 18.7 Å². The van der Waals surface area contributed by atoms with Gasteiger partial charge >= 0.3 is 0 Å². The summed E-state index contributed by atoms with van der Waals surface area (Å²) in [5.41, 5.74) is 1.21. The molecule has 66 valence electrons. The number of benzene rings is 1. The summed E-state index contributed by atoms with van der Waals surface area (Å²) in [4.78, 5) is 14.9. The summed E-state index contributed by atoms with van der Waals surface area (Å²) in [6.45, 7) is 0.0936. The van der Waals surface area contributed by atoms with Crippen LogP contribution in [0.3, 0.4) is 0 Å². The summed E-state index contributed by atoms with van der Waals surface area (Å²) >= 11 is 0. The first-order valence-electron chi connectivity index (χ1n) is 3.85. The molecule has 0 atom stereocenters. The van der Waals surface area contributed by atoms with Gasteiger partial charge in [-0.3, -0.25) is 9.79 Å². The van der Waals surface area contributed by atoms with E-state index >= 15 is 0 Å². The van der Waals surface area contributed by atoms with Crippen LogP contribution in [0, 0.1) is 5.82 Å². The molecule has 1 aromatic carbocycles. The Bertz CT molecular complexity index is 387. The highest BCUT2D eigenvalue weighted by Crippen LogP contribution is 2.16. The summed E-state index contributed by atoms with van der Waals surface area (Å²) < 4.78 is 12.8. The third kappa shape index (κ3) is 1.56. The Kier molecular flexibility index (Phi) is 1.81. The fraction of sp³-hybridized carbons (Fsp3) is 0.111. The minimum absolute atomic E-state index is 0.0936. The molecule has 1 N–H and O–H groups in total. The Morgan fingerprint density at radius 2 is 2.31 bits per heavy atom. The molecule has 0 bridgehead atoms. The number of fused-ring (bicyclic) bond motifs is 1. The van der Waals surface area contributed by atoms with E-state index in [2.05, 4.69) is 10.3 Å². The van der Waals surface area contributed by atoms with Crippen molar-refractivity contribution in [1.29, 1.82) is 0 Å². The lowest BCUT2D eigenvalue weighted by molar-refractivity contribution is -0.114. The van der Waals surface area contributed by atoms with E-state index < -0.39 is 0 Å². The number of hydrogen-bond donors (Lipinski definition) is 1. The van der Waals surface area contributed by atoms with Crippen molar-refractivity contribution >= 4 is 17.8 Å². The molecular formula is C9H7FN2O. The third-order valence-electron chi connectivity index (χ3n) is 1.75. The van der Waals surface area contributed by atoms with Gasteiger partial charge in [-0.15, -0.1) is 0 Å². The highest BCUT2D eigenvalue weighted by molar-refractivity contribution is 6.01. The molecule has 1 heterocycles. The first-order valence-corrected chi connectivity index (χ1v) is 3.85. The van der Waals surface area contributed by atoms with Gasteiger partial charge in [0.05, 0.1) is 5.69 Å². The number of nitrogens with one attached hydrogen (secondary N) is 1. The quantitative estimate of drug-likeness (QED) is 0.637. The van der Waals surface area contributed by atoms with Crippen LogP contribution in [0.25, 0.3) is 0 Å². The van der Waals surface area contributed by atoms with Crippen molar-refractivity contribution < 1.29 is 9.18 Å². The van der Waals surface area contributed by atoms with Crippen LogP contribution in [0.5, 0.6) is 0 Å². The molecule has 4 heteroatoms. The van der Waals surface area contributed by atoms with Crippen LogP contribution >= 0.6 is 0 Å². The van der Waals surface area contributed by atoms with Crippen molar-refractivity contribution in [3.8, 4) is 0 Å². The number of carbonyl (C=O) groups excluding carboxylic acids is 1. The van der Waals surface area contributed by atoms with Gasteiger partial charge in [0.15, 0.2) is 0 Å². The molecule has 0 saturated carbocycles. The van der Waals surface area contributed by atoms with E-state index in [0.717, 1.165) is 5.56 Å². The average Bonchev–Trinajstić information content (AvgIpc) is 2.25. The Morgan fingerprint density at radius 3 is 3.15 bits per heavy atom. The number of aliphatic imine (C=N–C) groups is 1. The largest absolute Gasteiger partial charge is 0.324 e. The number of benzodiazepines with no additional fused rings is 1. The highest BCUT2D eigenvalue weighted by Gasteiger charge is 2.09. The number of nitrogens with zero attached hydrogens (tertiary/aromatic N) is 1. The van der Waals surface area contributed by atoms with Gasteiger partial charge in [-0.05, 0) is 18.2 Å². The molecule has 1 aromatic rings. The summed E-state index contributed by atoms with van der Waals surface area (Å²) in [6, 6.07) is 4.20. The number of hydrogen-bond acceptors (Lipinski definition) is 2. The van der Waals surface area contributed by atoms with Crippen LogP contribution < -0.4 is 5.32 Å². The molecule has 3 nitrogen and oxygen atoms in total. The molecule has 0 unspecified atom stereocenters. The third-order valence-corrected chi connectivity index (χ3v) is 1.75. The maximum Gasteiger partial charge on any atom is 0.246 e. The van der Waals surface area contributed by atoms with Gasteiger partial charge in [-0.2, -0.15) is 0 Å². The molecule has 0 aliphatic carbocycles. The first-order chi connectivity index (χ1) is 6.25. The molecular weight excluding hydrogens is 171 g/mol. The van der Waals surface area contributed by atoms with Gasteiger partial charge in [0, 0.05) is 11.8 Å². The molecule has 0 spiro atoms. The average molecular weight is 178 g/mol. The van der Waals surface area contributed by atoms with Crippen LogP contribution in [0.1, 0.15) is 5.56 Å². The number of amides is 1. The predicted octanol–water partition coefficient (Wildman–Crippen LogP) is 1.20. The van der Waals surface area contributed by atoms with E-state index in [1.165, 1.54) is 12.1 Å².